The SMILES string of the molecule is CCOc1ccc(NC(=S)NC(NC(=O)Cc2ccc(OC)cc2)C(Cl)(Cl)Cl)cc1. The quantitative estimate of drug-likeness (QED) is 0.289. The van der Waals surface area contributed by atoms with E-state index in [4.69, 9.17) is 56.5 Å². The molecule has 0 spiro atoms. The fraction of sp³-hybridized carbons (Fsp3) is 0.300. The maximum Gasteiger partial charge on any atom is 0.228 e. The van der Waals surface area contributed by atoms with Gasteiger partial charge < -0.3 is 25.4 Å². The van der Waals surface area contributed by atoms with Gasteiger partial charge in [-0.15, -0.1) is 0 Å². The molecule has 30 heavy (non-hydrogen) atoms. The minimum atomic E-state index is -1.83. The number of amides is 1. The van der Waals surface area contributed by atoms with Gasteiger partial charge in [-0.2, -0.15) is 0 Å². The van der Waals surface area contributed by atoms with E-state index >= 15 is 0 Å². The molecule has 0 aliphatic carbocycles. The highest BCUT2D eigenvalue weighted by Gasteiger charge is 2.34. The van der Waals surface area contributed by atoms with Crippen molar-refractivity contribution in [3.8, 4) is 11.5 Å². The Labute approximate surface area is 196 Å². The Morgan fingerprint density at radius 1 is 1.03 bits per heavy atom. The summed E-state index contributed by atoms with van der Waals surface area (Å²) in [5.41, 5.74) is 1.50. The molecule has 0 saturated heterocycles. The summed E-state index contributed by atoms with van der Waals surface area (Å²) in [6.07, 6.45) is -0.946. The van der Waals surface area contributed by atoms with Gasteiger partial charge in [-0.05, 0) is 61.1 Å². The van der Waals surface area contributed by atoms with Crippen LogP contribution in [0.4, 0.5) is 5.69 Å². The van der Waals surface area contributed by atoms with E-state index in [0.717, 1.165) is 11.3 Å². The predicted molar refractivity (Wildman–Crippen MR) is 126 cm³/mol. The van der Waals surface area contributed by atoms with Gasteiger partial charge in [-0.1, -0.05) is 46.9 Å². The lowest BCUT2D eigenvalue weighted by atomic mass is 10.1. The zero-order valence-electron chi connectivity index (χ0n) is 16.4. The Balaban J connectivity index is 1.95. The summed E-state index contributed by atoms with van der Waals surface area (Å²) in [5, 5.41) is 8.63. The van der Waals surface area contributed by atoms with Gasteiger partial charge in [-0.25, -0.2) is 0 Å². The van der Waals surface area contributed by atoms with Crippen molar-refractivity contribution in [2.75, 3.05) is 19.0 Å². The Hall–Kier alpha value is -1.93. The van der Waals surface area contributed by atoms with Gasteiger partial charge in [-0.3, -0.25) is 4.79 Å². The summed E-state index contributed by atoms with van der Waals surface area (Å²) in [4.78, 5) is 12.4. The Morgan fingerprint density at radius 2 is 1.63 bits per heavy atom. The van der Waals surface area contributed by atoms with Gasteiger partial charge in [0.05, 0.1) is 20.1 Å². The van der Waals surface area contributed by atoms with Gasteiger partial charge >= 0.3 is 0 Å². The van der Waals surface area contributed by atoms with Crippen LogP contribution in [0.2, 0.25) is 0 Å². The van der Waals surface area contributed by atoms with E-state index in [1.807, 2.05) is 6.92 Å². The number of anilines is 1. The summed E-state index contributed by atoms with van der Waals surface area (Å²) in [6.45, 7) is 2.49. The van der Waals surface area contributed by atoms with Gasteiger partial charge in [0.2, 0.25) is 9.70 Å². The molecule has 1 amide bonds. The molecule has 2 aromatic carbocycles. The molecule has 0 bridgehead atoms. The third-order valence-corrected chi connectivity index (χ3v) is 4.73. The van der Waals surface area contributed by atoms with Gasteiger partial charge in [0.15, 0.2) is 5.11 Å². The molecule has 10 heteroatoms. The first-order valence-electron chi connectivity index (χ1n) is 9.00. The van der Waals surface area contributed by atoms with E-state index in [1.165, 1.54) is 0 Å². The summed E-state index contributed by atoms with van der Waals surface area (Å²) < 4.78 is 8.67. The highest BCUT2D eigenvalue weighted by atomic mass is 35.6. The van der Waals surface area contributed by atoms with E-state index in [9.17, 15) is 4.79 Å². The third kappa shape index (κ3) is 8.07. The maximum atomic E-state index is 12.4. The molecule has 0 radical (unpaired) electrons. The van der Waals surface area contributed by atoms with Crippen molar-refractivity contribution in [3.63, 3.8) is 0 Å². The van der Waals surface area contributed by atoms with Gasteiger partial charge in [0.1, 0.15) is 17.7 Å². The van der Waals surface area contributed by atoms with Crippen molar-refractivity contribution in [3.05, 3.63) is 54.1 Å². The molecule has 2 rings (SSSR count). The summed E-state index contributed by atoms with van der Waals surface area (Å²) in [7, 11) is 1.57. The van der Waals surface area contributed by atoms with Crippen LogP contribution in [-0.2, 0) is 11.2 Å². The fourth-order valence-corrected chi connectivity index (χ4v) is 3.00. The molecule has 3 N–H and O–H groups in total. The van der Waals surface area contributed by atoms with E-state index in [-0.39, 0.29) is 17.4 Å². The average Bonchev–Trinajstić information content (AvgIpc) is 2.69. The van der Waals surface area contributed by atoms with Crippen LogP contribution >= 0.6 is 47.0 Å². The highest BCUT2D eigenvalue weighted by molar-refractivity contribution is 7.80. The van der Waals surface area contributed by atoms with Crippen LogP contribution in [0.25, 0.3) is 0 Å². The Kier molecular flexibility index (Phi) is 9.30. The number of ether oxygens (including phenoxy) is 2. The molecular formula is C20H22Cl3N3O3S. The molecular weight excluding hydrogens is 469 g/mol. The Morgan fingerprint density at radius 3 is 2.17 bits per heavy atom. The van der Waals surface area contributed by atoms with Gasteiger partial charge in [0, 0.05) is 5.69 Å². The topological polar surface area (TPSA) is 71.6 Å². The second kappa shape index (κ2) is 11.5. The normalized spacial score (nSPS) is 11.9. The first kappa shape index (κ1) is 24.3. The first-order valence-corrected chi connectivity index (χ1v) is 10.5. The molecule has 0 heterocycles. The fourth-order valence-electron chi connectivity index (χ4n) is 2.44. The number of nitrogens with one attached hydrogen (secondary N) is 3. The lowest BCUT2D eigenvalue weighted by molar-refractivity contribution is -0.121. The molecule has 1 unspecified atom stereocenters. The molecule has 0 fully saturated rings. The number of hydrogen-bond donors (Lipinski definition) is 3. The largest absolute Gasteiger partial charge is 0.497 e. The molecule has 2 aromatic rings. The van der Waals surface area contributed by atoms with Crippen LogP contribution in [-0.4, -0.2) is 34.7 Å². The number of hydrogen-bond acceptors (Lipinski definition) is 4. The molecule has 0 aliphatic rings. The number of rotatable bonds is 8. The third-order valence-electron chi connectivity index (χ3n) is 3.86. The second-order valence-electron chi connectivity index (χ2n) is 6.12. The lowest BCUT2D eigenvalue weighted by Crippen LogP contribution is -2.56. The van der Waals surface area contributed by atoms with E-state index < -0.39 is 9.96 Å². The summed E-state index contributed by atoms with van der Waals surface area (Å²) >= 11 is 23.3. The van der Waals surface area contributed by atoms with Crippen molar-refractivity contribution in [2.45, 2.75) is 23.3 Å². The van der Waals surface area contributed by atoms with Crippen molar-refractivity contribution in [1.29, 1.82) is 0 Å². The number of methoxy groups -OCH3 is 1. The number of halogens is 3. The van der Waals surface area contributed by atoms with E-state index in [2.05, 4.69) is 16.0 Å². The van der Waals surface area contributed by atoms with Crippen LogP contribution in [0.1, 0.15) is 12.5 Å². The van der Waals surface area contributed by atoms with Crippen LogP contribution < -0.4 is 25.4 Å². The second-order valence-corrected chi connectivity index (χ2v) is 8.90. The van der Waals surface area contributed by atoms with Crippen molar-refractivity contribution >= 4 is 63.7 Å². The Bertz CT molecular complexity index is 843. The number of thiocarbonyl (C=S) groups is 1. The van der Waals surface area contributed by atoms with Crippen LogP contribution in [0.15, 0.2) is 48.5 Å². The smallest absolute Gasteiger partial charge is 0.228 e. The zero-order chi connectivity index (χ0) is 22.1. The standard InChI is InChI=1S/C20H22Cl3N3O3S/c1-3-29-16-10-6-14(7-11-16)24-19(30)26-18(20(21,22)23)25-17(27)12-13-4-8-15(28-2)9-5-13/h4-11,18H,3,12H2,1-2H3,(H,25,27)(H2,24,26,30). The number of carbonyl (C=O) groups is 1. The monoisotopic (exact) mass is 489 g/mol. The van der Waals surface area contributed by atoms with Crippen molar-refractivity contribution < 1.29 is 14.3 Å². The van der Waals surface area contributed by atoms with Gasteiger partial charge in [0.25, 0.3) is 0 Å². The van der Waals surface area contributed by atoms with Crippen molar-refractivity contribution in [1.82, 2.24) is 10.6 Å². The minimum Gasteiger partial charge on any atom is -0.497 e. The highest BCUT2D eigenvalue weighted by Crippen LogP contribution is 2.29. The lowest BCUT2D eigenvalue weighted by Gasteiger charge is -2.27. The summed E-state index contributed by atoms with van der Waals surface area (Å²) in [5.74, 6) is 1.10. The van der Waals surface area contributed by atoms with E-state index in [0.29, 0.717) is 18.0 Å². The molecule has 0 aromatic heterocycles. The summed E-state index contributed by atoms with van der Waals surface area (Å²) in [6, 6.07) is 14.3. The number of benzene rings is 2. The number of carbonyl (C=O) groups excluding carboxylic acids is 1. The average molecular weight is 491 g/mol. The van der Waals surface area contributed by atoms with Crippen LogP contribution in [0.3, 0.4) is 0 Å². The molecule has 1 atom stereocenters. The van der Waals surface area contributed by atoms with E-state index in [1.54, 1.807) is 55.6 Å². The molecule has 162 valence electrons. The first-order chi connectivity index (χ1) is 14.2. The van der Waals surface area contributed by atoms with Crippen LogP contribution in [0, 0.1) is 0 Å². The molecule has 0 saturated carbocycles. The maximum absolute atomic E-state index is 12.4. The number of alkyl halides is 3. The minimum absolute atomic E-state index is 0.0992. The zero-order valence-corrected chi connectivity index (χ0v) is 19.5. The molecule has 0 aliphatic heterocycles. The molecule has 6 nitrogen and oxygen atoms in total. The predicted octanol–water partition coefficient (Wildman–Crippen LogP) is 4.44. The van der Waals surface area contributed by atoms with Crippen molar-refractivity contribution in [2.24, 2.45) is 0 Å². The van der Waals surface area contributed by atoms with Crippen LogP contribution in [0.5, 0.6) is 11.5 Å².